The number of benzene rings is 1. The highest BCUT2D eigenvalue weighted by Crippen LogP contribution is 2.30. The van der Waals surface area contributed by atoms with Gasteiger partial charge in [0, 0.05) is 13.1 Å². The second-order valence-electron chi connectivity index (χ2n) is 4.76. The molecule has 1 amide bonds. The van der Waals surface area contributed by atoms with Crippen LogP contribution in [-0.2, 0) is 6.18 Å². The zero-order chi connectivity index (χ0) is 14.9. The van der Waals surface area contributed by atoms with Gasteiger partial charge in [0.15, 0.2) is 0 Å². The van der Waals surface area contributed by atoms with Gasteiger partial charge in [-0.3, -0.25) is 4.79 Å². The first-order valence-electron chi connectivity index (χ1n) is 6.10. The van der Waals surface area contributed by atoms with E-state index in [2.05, 4.69) is 0 Å². The molecule has 0 aliphatic carbocycles. The van der Waals surface area contributed by atoms with Crippen LogP contribution in [0.1, 0.15) is 29.3 Å². The van der Waals surface area contributed by atoms with E-state index in [0.29, 0.717) is 37.7 Å². The lowest BCUT2D eigenvalue weighted by Crippen LogP contribution is -2.36. The Labute approximate surface area is 113 Å². The van der Waals surface area contributed by atoms with Crippen LogP contribution in [-0.4, -0.2) is 23.9 Å². The van der Waals surface area contributed by atoms with Crippen molar-refractivity contribution in [2.45, 2.75) is 19.5 Å². The molecule has 0 N–H and O–H groups in total. The summed E-state index contributed by atoms with van der Waals surface area (Å²) in [6.07, 6.45) is -2.02. The van der Waals surface area contributed by atoms with Crippen LogP contribution in [0.25, 0.3) is 0 Å². The van der Waals surface area contributed by atoms with Gasteiger partial charge in [-0.05, 0) is 31.5 Å². The maximum atomic E-state index is 13.6. The quantitative estimate of drug-likeness (QED) is 0.570. The van der Waals surface area contributed by atoms with Gasteiger partial charge in [-0.2, -0.15) is 13.2 Å². The van der Waals surface area contributed by atoms with Gasteiger partial charge in [0.2, 0.25) is 0 Å². The van der Waals surface area contributed by atoms with E-state index in [1.54, 1.807) is 0 Å². The number of carbonyl (C=O) groups excluding carboxylic acids is 1. The Morgan fingerprint density at radius 1 is 1.30 bits per heavy atom. The fourth-order valence-electron chi connectivity index (χ4n) is 2.12. The molecule has 1 aliphatic heterocycles. The van der Waals surface area contributed by atoms with E-state index >= 15 is 0 Å². The lowest BCUT2D eigenvalue weighted by molar-refractivity contribution is -0.137. The van der Waals surface area contributed by atoms with Gasteiger partial charge in [-0.1, -0.05) is 11.6 Å². The van der Waals surface area contributed by atoms with Crippen LogP contribution in [0.5, 0.6) is 0 Å². The third kappa shape index (κ3) is 3.00. The number of halogens is 4. The van der Waals surface area contributed by atoms with Gasteiger partial charge in [0.1, 0.15) is 5.82 Å². The third-order valence-electron chi connectivity index (χ3n) is 3.14. The molecule has 2 rings (SSSR count). The zero-order valence-electron chi connectivity index (χ0n) is 10.8. The molecule has 0 aromatic heterocycles. The van der Waals surface area contributed by atoms with Crippen molar-refractivity contribution in [3.8, 4) is 0 Å². The maximum absolute atomic E-state index is 13.6. The maximum Gasteiger partial charge on any atom is 0.416 e. The van der Waals surface area contributed by atoms with Gasteiger partial charge in [0.25, 0.3) is 5.91 Å². The summed E-state index contributed by atoms with van der Waals surface area (Å²) in [6, 6.07) is 1.89. The van der Waals surface area contributed by atoms with Crippen LogP contribution in [0.15, 0.2) is 29.8 Å². The lowest BCUT2D eigenvalue weighted by atomic mass is 10.1. The van der Waals surface area contributed by atoms with E-state index in [1.165, 1.54) is 4.90 Å². The van der Waals surface area contributed by atoms with E-state index < -0.39 is 29.0 Å². The molecular weight excluding hydrogens is 274 g/mol. The lowest BCUT2D eigenvalue weighted by Gasteiger charge is -2.26. The minimum Gasteiger partial charge on any atom is -0.334 e. The van der Waals surface area contributed by atoms with Crippen LogP contribution in [0.2, 0.25) is 0 Å². The van der Waals surface area contributed by atoms with Crippen molar-refractivity contribution in [2.24, 2.45) is 0 Å². The predicted octanol–water partition coefficient (Wildman–Crippen LogP) is 3.64. The fourth-order valence-corrected chi connectivity index (χ4v) is 2.12. The molecule has 1 aromatic carbocycles. The normalized spacial score (nSPS) is 16.1. The Morgan fingerprint density at radius 2 is 2.00 bits per heavy atom. The second kappa shape index (κ2) is 5.26. The van der Waals surface area contributed by atoms with E-state index in [0.717, 1.165) is 5.57 Å². The average molecular weight is 287 g/mol. The van der Waals surface area contributed by atoms with E-state index in [-0.39, 0.29) is 0 Å². The van der Waals surface area contributed by atoms with Crippen LogP contribution in [0, 0.1) is 5.82 Å². The topological polar surface area (TPSA) is 20.3 Å². The molecule has 0 fully saturated rings. The Bertz CT molecular complexity index is 563. The summed E-state index contributed by atoms with van der Waals surface area (Å²) < 4.78 is 51.5. The second-order valence-corrected chi connectivity index (χ2v) is 4.76. The first-order valence-corrected chi connectivity index (χ1v) is 6.10. The van der Waals surface area contributed by atoms with Crippen molar-refractivity contribution in [1.82, 2.24) is 4.90 Å². The Kier molecular flexibility index (Phi) is 3.83. The Morgan fingerprint density at radius 3 is 2.60 bits per heavy atom. The average Bonchev–Trinajstić information content (AvgIpc) is 2.37. The monoisotopic (exact) mass is 287 g/mol. The first-order chi connectivity index (χ1) is 9.29. The molecule has 20 heavy (non-hydrogen) atoms. The SMILES string of the molecule is CC1=CCCN(C(=O)c2cc(C(F)(F)F)ccc2F)C1. The highest BCUT2D eigenvalue weighted by Gasteiger charge is 2.32. The van der Waals surface area contributed by atoms with Crippen molar-refractivity contribution >= 4 is 5.91 Å². The molecule has 1 aliphatic rings. The number of hydrogen-bond donors (Lipinski definition) is 0. The minimum absolute atomic E-state index is 0.314. The molecule has 108 valence electrons. The molecule has 0 spiro atoms. The molecule has 0 unspecified atom stereocenters. The summed E-state index contributed by atoms with van der Waals surface area (Å²) in [5.41, 5.74) is -0.613. The Hall–Kier alpha value is -1.85. The molecule has 0 radical (unpaired) electrons. The summed E-state index contributed by atoms with van der Waals surface area (Å²) in [7, 11) is 0. The van der Waals surface area contributed by atoms with Crippen LogP contribution < -0.4 is 0 Å². The van der Waals surface area contributed by atoms with Gasteiger partial charge in [-0.25, -0.2) is 4.39 Å². The van der Waals surface area contributed by atoms with Gasteiger partial charge in [0.05, 0.1) is 11.1 Å². The minimum atomic E-state index is -4.60. The molecule has 2 nitrogen and oxygen atoms in total. The summed E-state index contributed by atoms with van der Waals surface area (Å²) in [5.74, 6) is -1.64. The van der Waals surface area contributed by atoms with Crippen molar-refractivity contribution in [1.29, 1.82) is 0 Å². The smallest absolute Gasteiger partial charge is 0.334 e. The largest absolute Gasteiger partial charge is 0.416 e. The summed E-state index contributed by atoms with van der Waals surface area (Å²) in [4.78, 5) is 13.5. The summed E-state index contributed by atoms with van der Waals surface area (Å²) in [6.45, 7) is 2.52. The molecular formula is C14H13F4NO. The van der Waals surface area contributed by atoms with Crippen molar-refractivity contribution < 1.29 is 22.4 Å². The number of hydrogen-bond acceptors (Lipinski definition) is 1. The van der Waals surface area contributed by atoms with E-state index in [1.807, 2.05) is 13.0 Å². The first kappa shape index (κ1) is 14.6. The number of rotatable bonds is 1. The molecule has 0 saturated heterocycles. The standard InChI is InChI=1S/C14H13F4NO/c1-9-3-2-6-19(8-9)13(20)11-7-10(14(16,17)18)4-5-12(11)15/h3-5,7H,2,6,8H2,1H3. The van der Waals surface area contributed by atoms with Crippen molar-refractivity contribution in [3.05, 3.63) is 46.8 Å². The molecule has 1 aromatic rings. The van der Waals surface area contributed by atoms with Gasteiger partial charge in [-0.15, -0.1) is 0 Å². The highest BCUT2D eigenvalue weighted by molar-refractivity contribution is 5.95. The number of carbonyl (C=O) groups is 1. The van der Waals surface area contributed by atoms with E-state index in [9.17, 15) is 22.4 Å². The molecule has 1 heterocycles. The fraction of sp³-hybridized carbons (Fsp3) is 0.357. The van der Waals surface area contributed by atoms with Crippen LogP contribution in [0.4, 0.5) is 17.6 Å². The Balaban J connectivity index is 2.32. The number of amides is 1. The van der Waals surface area contributed by atoms with Crippen molar-refractivity contribution in [3.63, 3.8) is 0 Å². The van der Waals surface area contributed by atoms with Crippen LogP contribution >= 0.6 is 0 Å². The zero-order valence-corrected chi connectivity index (χ0v) is 10.8. The molecule has 0 bridgehead atoms. The summed E-state index contributed by atoms with van der Waals surface area (Å²) >= 11 is 0. The number of nitrogens with zero attached hydrogens (tertiary/aromatic N) is 1. The third-order valence-corrected chi connectivity index (χ3v) is 3.14. The molecule has 0 atom stereocenters. The molecule has 0 saturated carbocycles. The highest BCUT2D eigenvalue weighted by atomic mass is 19.4. The van der Waals surface area contributed by atoms with Gasteiger partial charge >= 0.3 is 6.18 Å². The summed E-state index contributed by atoms with van der Waals surface area (Å²) in [5, 5.41) is 0. The van der Waals surface area contributed by atoms with Crippen molar-refractivity contribution in [2.75, 3.05) is 13.1 Å². The number of alkyl halides is 3. The predicted molar refractivity (Wildman–Crippen MR) is 65.7 cm³/mol. The van der Waals surface area contributed by atoms with Crippen LogP contribution in [0.3, 0.4) is 0 Å². The molecule has 6 heteroatoms. The van der Waals surface area contributed by atoms with Gasteiger partial charge < -0.3 is 4.90 Å². The van der Waals surface area contributed by atoms with E-state index in [4.69, 9.17) is 0 Å².